The molecule has 1 saturated heterocycles. The first-order valence-electron chi connectivity index (χ1n) is 10.4. The van der Waals surface area contributed by atoms with Crippen LogP contribution in [0.15, 0.2) is 59.9 Å². The lowest BCUT2D eigenvalue weighted by Crippen LogP contribution is -2.51. The summed E-state index contributed by atoms with van der Waals surface area (Å²) in [6.07, 6.45) is 2.06. The van der Waals surface area contributed by atoms with Gasteiger partial charge in [-0.2, -0.15) is 0 Å². The molecule has 1 fully saturated rings. The van der Waals surface area contributed by atoms with Gasteiger partial charge in [0.2, 0.25) is 0 Å². The lowest BCUT2D eigenvalue weighted by atomic mass is 10.1. The van der Waals surface area contributed by atoms with Crippen molar-refractivity contribution < 1.29 is 4.79 Å². The van der Waals surface area contributed by atoms with Crippen LogP contribution >= 0.6 is 11.6 Å². The zero-order chi connectivity index (χ0) is 21.6. The Hall–Kier alpha value is -3.03. The Balaban J connectivity index is 1.45. The number of para-hydroxylation sites is 1. The second kappa shape index (κ2) is 9.85. The number of hydrogen-bond donors (Lipinski definition) is 1. The van der Waals surface area contributed by atoms with Crippen molar-refractivity contribution in [3.8, 4) is 0 Å². The van der Waals surface area contributed by atoms with E-state index in [9.17, 15) is 4.79 Å². The Morgan fingerprint density at radius 1 is 1.03 bits per heavy atom. The number of nitrogens with zero attached hydrogens (tertiary/aromatic N) is 5. The summed E-state index contributed by atoms with van der Waals surface area (Å²) in [6.45, 7) is 3.47. The summed E-state index contributed by atoms with van der Waals surface area (Å²) >= 11 is 5.98. The summed E-state index contributed by atoms with van der Waals surface area (Å²) in [5.41, 5.74) is 8.09. The number of benzene rings is 2. The van der Waals surface area contributed by atoms with E-state index >= 15 is 0 Å². The molecule has 2 heterocycles. The number of hydrogen-bond acceptors (Lipinski definition) is 6. The summed E-state index contributed by atoms with van der Waals surface area (Å²) in [5.74, 6) is 0.881. The monoisotopic (exact) mass is 436 g/mol. The van der Waals surface area contributed by atoms with E-state index in [4.69, 9.17) is 17.3 Å². The Kier molecular flexibility index (Phi) is 6.74. The second-order valence-electron chi connectivity index (χ2n) is 7.41. The Morgan fingerprint density at radius 3 is 2.52 bits per heavy atom. The standard InChI is InChI=1S/C23H25ClN6O/c24-18-7-5-17(6-8-18)15-21(26-10-9-25)23(31)30-13-11-29(12-14-30)22-19-3-1-2-4-20(19)27-16-28-22/h1-8,16H,9-15,25H2. The number of nitrogens with two attached hydrogens (primary N) is 1. The van der Waals surface area contributed by atoms with Gasteiger partial charge in [-0.1, -0.05) is 35.9 Å². The van der Waals surface area contributed by atoms with Gasteiger partial charge in [0.1, 0.15) is 17.9 Å². The molecule has 160 valence electrons. The highest BCUT2D eigenvalue weighted by molar-refractivity contribution is 6.39. The molecule has 7 nitrogen and oxygen atoms in total. The molecule has 8 heteroatoms. The number of anilines is 1. The van der Waals surface area contributed by atoms with Crippen molar-refractivity contribution in [2.24, 2.45) is 10.7 Å². The fourth-order valence-corrected chi connectivity index (χ4v) is 3.87. The van der Waals surface area contributed by atoms with E-state index in [1.165, 1.54) is 0 Å². The van der Waals surface area contributed by atoms with Crippen molar-refractivity contribution in [1.29, 1.82) is 0 Å². The van der Waals surface area contributed by atoms with Crippen LogP contribution in [-0.2, 0) is 11.2 Å². The molecule has 2 N–H and O–H groups in total. The lowest BCUT2D eigenvalue weighted by Gasteiger charge is -2.36. The molecular weight excluding hydrogens is 412 g/mol. The smallest absolute Gasteiger partial charge is 0.268 e. The van der Waals surface area contributed by atoms with Gasteiger partial charge in [-0.3, -0.25) is 9.79 Å². The number of rotatable bonds is 6. The van der Waals surface area contributed by atoms with Crippen LogP contribution < -0.4 is 10.6 Å². The van der Waals surface area contributed by atoms with Crippen LogP contribution in [0.5, 0.6) is 0 Å². The average Bonchev–Trinajstić information content (AvgIpc) is 2.82. The molecule has 0 radical (unpaired) electrons. The maximum absolute atomic E-state index is 13.2. The molecule has 2 aromatic carbocycles. The van der Waals surface area contributed by atoms with Gasteiger partial charge in [0.05, 0.1) is 12.1 Å². The molecule has 1 aromatic heterocycles. The van der Waals surface area contributed by atoms with E-state index in [-0.39, 0.29) is 5.91 Å². The van der Waals surface area contributed by atoms with E-state index in [0.29, 0.717) is 56.4 Å². The zero-order valence-corrected chi connectivity index (χ0v) is 18.0. The highest BCUT2D eigenvalue weighted by atomic mass is 35.5. The Morgan fingerprint density at radius 2 is 1.77 bits per heavy atom. The molecule has 3 aromatic rings. The number of halogens is 1. The van der Waals surface area contributed by atoms with Crippen molar-refractivity contribution in [2.75, 3.05) is 44.2 Å². The predicted octanol–water partition coefficient (Wildman–Crippen LogP) is 2.57. The van der Waals surface area contributed by atoms with E-state index in [2.05, 4.69) is 19.9 Å². The molecular formula is C23H25ClN6O. The maximum atomic E-state index is 13.2. The molecule has 1 aliphatic rings. The molecule has 1 aliphatic heterocycles. The number of aliphatic imine (C=N–C) groups is 1. The fraction of sp³-hybridized carbons (Fsp3) is 0.304. The van der Waals surface area contributed by atoms with E-state index in [0.717, 1.165) is 22.3 Å². The van der Waals surface area contributed by atoms with E-state index in [1.807, 2.05) is 53.4 Å². The normalized spacial score (nSPS) is 14.8. The summed E-state index contributed by atoms with van der Waals surface area (Å²) in [4.78, 5) is 30.6. The fourth-order valence-electron chi connectivity index (χ4n) is 3.74. The quantitative estimate of drug-likeness (QED) is 0.600. The van der Waals surface area contributed by atoms with Crippen LogP contribution in [0.4, 0.5) is 5.82 Å². The van der Waals surface area contributed by atoms with Crippen LogP contribution in [0.3, 0.4) is 0 Å². The average molecular weight is 437 g/mol. The van der Waals surface area contributed by atoms with E-state index in [1.54, 1.807) is 6.33 Å². The number of carbonyl (C=O) groups excluding carboxylic acids is 1. The Bertz CT molecular complexity index is 1070. The van der Waals surface area contributed by atoms with Crippen molar-refractivity contribution >= 4 is 39.9 Å². The summed E-state index contributed by atoms with van der Waals surface area (Å²) < 4.78 is 0. The van der Waals surface area contributed by atoms with Crippen LogP contribution in [0, 0.1) is 0 Å². The SMILES string of the molecule is NCCN=C(Cc1ccc(Cl)cc1)C(=O)N1CCN(c2ncnc3ccccc23)CC1. The second-order valence-corrected chi connectivity index (χ2v) is 7.85. The molecule has 0 spiro atoms. The zero-order valence-electron chi connectivity index (χ0n) is 17.2. The molecule has 31 heavy (non-hydrogen) atoms. The molecule has 0 bridgehead atoms. The Labute approximate surface area is 186 Å². The van der Waals surface area contributed by atoms with Crippen LogP contribution in [-0.4, -0.2) is 65.8 Å². The minimum atomic E-state index is -0.0319. The van der Waals surface area contributed by atoms with Gasteiger partial charge in [-0.15, -0.1) is 0 Å². The van der Waals surface area contributed by atoms with Crippen LogP contribution in [0.25, 0.3) is 10.9 Å². The predicted molar refractivity (Wildman–Crippen MR) is 125 cm³/mol. The topological polar surface area (TPSA) is 87.7 Å². The third-order valence-electron chi connectivity index (χ3n) is 5.35. The van der Waals surface area contributed by atoms with Crippen molar-refractivity contribution in [3.63, 3.8) is 0 Å². The summed E-state index contributed by atoms with van der Waals surface area (Å²) in [6, 6.07) is 15.5. The first kappa shape index (κ1) is 21.2. The number of carbonyl (C=O) groups is 1. The summed E-state index contributed by atoms with van der Waals surface area (Å²) in [7, 11) is 0. The number of piperazine rings is 1. The lowest BCUT2D eigenvalue weighted by molar-refractivity contribution is -0.124. The van der Waals surface area contributed by atoms with E-state index < -0.39 is 0 Å². The van der Waals surface area contributed by atoms with Gasteiger partial charge in [0.25, 0.3) is 5.91 Å². The number of fused-ring (bicyclic) bond motifs is 1. The third-order valence-corrected chi connectivity index (χ3v) is 5.60. The van der Waals surface area contributed by atoms with Gasteiger partial charge >= 0.3 is 0 Å². The van der Waals surface area contributed by atoms with Crippen LogP contribution in [0.1, 0.15) is 5.56 Å². The minimum absolute atomic E-state index is 0.0319. The van der Waals surface area contributed by atoms with Gasteiger partial charge in [0, 0.05) is 49.6 Å². The highest BCUT2D eigenvalue weighted by Gasteiger charge is 2.26. The molecule has 4 rings (SSSR count). The van der Waals surface area contributed by atoms with Gasteiger partial charge in [-0.25, -0.2) is 9.97 Å². The largest absolute Gasteiger partial charge is 0.352 e. The minimum Gasteiger partial charge on any atom is -0.352 e. The van der Waals surface area contributed by atoms with Gasteiger partial charge in [-0.05, 0) is 29.8 Å². The van der Waals surface area contributed by atoms with Crippen molar-refractivity contribution in [3.05, 3.63) is 65.4 Å². The van der Waals surface area contributed by atoms with Crippen LogP contribution in [0.2, 0.25) is 5.02 Å². The van der Waals surface area contributed by atoms with Crippen molar-refractivity contribution in [1.82, 2.24) is 14.9 Å². The maximum Gasteiger partial charge on any atom is 0.268 e. The molecule has 0 saturated carbocycles. The first-order chi connectivity index (χ1) is 15.2. The highest BCUT2D eigenvalue weighted by Crippen LogP contribution is 2.23. The van der Waals surface area contributed by atoms with Gasteiger partial charge in [0.15, 0.2) is 0 Å². The number of aromatic nitrogens is 2. The third kappa shape index (κ3) is 5.00. The first-order valence-corrected chi connectivity index (χ1v) is 10.8. The number of amides is 1. The molecule has 0 atom stereocenters. The molecule has 0 aliphatic carbocycles. The van der Waals surface area contributed by atoms with Gasteiger partial charge < -0.3 is 15.5 Å². The summed E-state index contributed by atoms with van der Waals surface area (Å²) in [5, 5.41) is 1.70. The van der Waals surface area contributed by atoms with Crippen molar-refractivity contribution in [2.45, 2.75) is 6.42 Å². The molecule has 1 amide bonds. The molecule has 0 unspecified atom stereocenters.